The predicted octanol–water partition coefficient (Wildman–Crippen LogP) is 3.35. The van der Waals surface area contributed by atoms with Crippen LogP contribution < -0.4 is 10.6 Å². The minimum Gasteiger partial charge on any atom is -0.351 e. The van der Waals surface area contributed by atoms with Crippen LogP contribution in [-0.2, 0) is 0 Å². The van der Waals surface area contributed by atoms with E-state index in [1.807, 2.05) is 43.3 Å². The van der Waals surface area contributed by atoms with Crippen LogP contribution in [0.25, 0.3) is 0 Å². The van der Waals surface area contributed by atoms with Crippen molar-refractivity contribution in [3.8, 4) is 0 Å². The van der Waals surface area contributed by atoms with Gasteiger partial charge >= 0.3 is 0 Å². The number of nitrogens with zero attached hydrogens (tertiary/aromatic N) is 1. The van der Waals surface area contributed by atoms with Gasteiger partial charge in [0.05, 0.1) is 0 Å². The van der Waals surface area contributed by atoms with Crippen LogP contribution in [0.1, 0.15) is 46.0 Å². The Kier molecular flexibility index (Phi) is 6.92. The van der Waals surface area contributed by atoms with E-state index in [2.05, 4.69) is 24.5 Å². The molecule has 2 aromatic carbocycles. The predicted molar refractivity (Wildman–Crippen MR) is 106 cm³/mol. The summed E-state index contributed by atoms with van der Waals surface area (Å²) in [4.78, 5) is 26.6. The van der Waals surface area contributed by atoms with E-state index in [0.717, 1.165) is 17.8 Å². The summed E-state index contributed by atoms with van der Waals surface area (Å²) < 4.78 is 0. The highest BCUT2D eigenvalue weighted by atomic mass is 16.2. The molecule has 5 nitrogen and oxygen atoms in total. The van der Waals surface area contributed by atoms with Crippen molar-refractivity contribution in [2.45, 2.75) is 19.8 Å². The molecule has 0 radical (unpaired) electrons. The molecule has 2 aromatic rings. The van der Waals surface area contributed by atoms with Crippen LogP contribution in [0.5, 0.6) is 0 Å². The smallest absolute Gasteiger partial charge is 0.255 e. The third kappa shape index (κ3) is 5.43. The second kappa shape index (κ2) is 9.15. The quantitative estimate of drug-likeness (QED) is 0.802. The van der Waals surface area contributed by atoms with Gasteiger partial charge in [0.15, 0.2) is 0 Å². The first kappa shape index (κ1) is 19.7. The summed E-state index contributed by atoms with van der Waals surface area (Å²) in [6.45, 7) is 5.55. The summed E-state index contributed by atoms with van der Waals surface area (Å²) in [5, 5.41) is 5.82. The molecule has 2 rings (SSSR count). The molecule has 138 valence electrons. The first-order valence-electron chi connectivity index (χ1n) is 8.81. The maximum absolute atomic E-state index is 12.5. The Bertz CT molecular complexity index is 752. The zero-order valence-corrected chi connectivity index (χ0v) is 15.9. The Hall–Kier alpha value is -2.66. The van der Waals surface area contributed by atoms with Gasteiger partial charge in [-0.1, -0.05) is 32.0 Å². The number of rotatable bonds is 7. The fraction of sp³-hybridized carbons (Fsp3) is 0.333. The normalized spacial score (nSPS) is 10.8. The first-order valence-corrected chi connectivity index (χ1v) is 8.81. The average molecular weight is 353 g/mol. The molecule has 0 fully saturated rings. The lowest BCUT2D eigenvalue weighted by atomic mass is 10.0. The van der Waals surface area contributed by atoms with Crippen LogP contribution in [-0.4, -0.2) is 43.9 Å². The Morgan fingerprint density at radius 2 is 1.50 bits per heavy atom. The third-order valence-corrected chi connectivity index (χ3v) is 4.08. The fourth-order valence-corrected chi connectivity index (χ4v) is 2.58. The van der Waals surface area contributed by atoms with Crippen molar-refractivity contribution in [3.63, 3.8) is 0 Å². The van der Waals surface area contributed by atoms with Crippen LogP contribution in [0.15, 0.2) is 48.5 Å². The van der Waals surface area contributed by atoms with Gasteiger partial charge in [-0.25, -0.2) is 0 Å². The molecule has 0 saturated carbocycles. The molecule has 0 saturated heterocycles. The standard InChI is InChI=1S/C21H27N3O2/c1-15(2)18-7-5-6-8-19(18)23-21(26)17-11-9-16(10-12-17)20(25)22-13-14-24(3)4/h5-12,15H,13-14H2,1-4H3,(H,22,25)(H,23,26). The molecule has 5 heteroatoms. The zero-order chi connectivity index (χ0) is 19.1. The second-order valence-corrected chi connectivity index (χ2v) is 6.83. The Morgan fingerprint density at radius 1 is 0.923 bits per heavy atom. The second-order valence-electron chi connectivity index (χ2n) is 6.83. The van der Waals surface area contributed by atoms with E-state index in [0.29, 0.717) is 23.6 Å². The highest BCUT2D eigenvalue weighted by Gasteiger charge is 2.12. The number of carbonyl (C=O) groups is 2. The van der Waals surface area contributed by atoms with Crippen molar-refractivity contribution in [3.05, 3.63) is 65.2 Å². The highest BCUT2D eigenvalue weighted by Crippen LogP contribution is 2.24. The topological polar surface area (TPSA) is 61.4 Å². The summed E-state index contributed by atoms with van der Waals surface area (Å²) >= 11 is 0. The Morgan fingerprint density at radius 3 is 2.08 bits per heavy atom. The number of likely N-dealkylation sites (N-methyl/N-ethyl adjacent to an activating group) is 1. The monoisotopic (exact) mass is 353 g/mol. The lowest BCUT2D eigenvalue weighted by Gasteiger charge is -2.14. The van der Waals surface area contributed by atoms with Crippen molar-refractivity contribution in [1.29, 1.82) is 0 Å². The van der Waals surface area contributed by atoms with Crippen molar-refractivity contribution in [2.75, 3.05) is 32.5 Å². The molecule has 0 aliphatic carbocycles. The van der Waals surface area contributed by atoms with Crippen LogP contribution in [0.2, 0.25) is 0 Å². The van der Waals surface area contributed by atoms with E-state index in [1.54, 1.807) is 24.3 Å². The van der Waals surface area contributed by atoms with Crippen molar-refractivity contribution >= 4 is 17.5 Å². The molecule has 2 amide bonds. The summed E-state index contributed by atoms with van der Waals surface area (Å²) in [7, 11) is 3.91. The number of benzene rings is 2. The SMILES string of the molecule is CC(C)c1ccccc1NC(=O)c1ccc(C(=O)NCCN(C)C)cc1. The molecule has 0 unspecified atom stereocenters. The van der Waals surface area contributed by atoms with Gasteiger partial charge in [0.1, 0.15) is 0 Å². The van der Waals surface area contributed by atoms with E-state index < -0.39 is 0 Å². The van der Waals surface area contributed by atoms with E-state index in [-0.39, 0.29) is 11.8 Å². The average Bonchev–Trinajstić information content (AvgIpc) is 2.61. The van der Waals surface area contributed by atoms with E-state index >= 15 is 0 Å². The molecule has 0 aliphatic rings. The molecular weight excluding hydrogens is 326 g/mol. The van der Waals surface area contributed by atoms with Crippen molar-refractivity contribution in [1.82, 2.24) is 10.2 Å². The summed E-state index contributed by atoms with van der Waals surface area (Å²) in [6, 6.07) is 14.5. The van der Waals surface area contributed by atoms with Crippen molar-refractivity contribution < 1.29 is 9.59 Å². The van der Waals surface area contributed by atoms with Gasteiger partial charge in [-0.3, -0.25) is 9.59 Å². The number of carbonyl (C=O) groups excluding carboxylic acids is 2. The number of amides is 2. The number of anilines is 1. The van der Waals surface area contributed by atoms with Crippen LogP contribution in [0, 0.1) is 0 Å². The first-order chi connectivity index (χ1) is 12.4. The Labute approximate surface area is 155 Å². The molecule has 0 spiro atoms. The molecule has 0 aliphatic heterocycles. The van der Waals surface area contributed by atoms with E-state index in [9.17, 15) is 9.59 Å². The van der Waals surface area contributed by atoms with E-state index in [1.165, 1.54) is 0 Å². The molecule has 2 N–H and O–H groups in total. The minimum atomic E-state index is -0.183. The summed E-state index contributed by atoms with van der Waals surface area (Å²) in [6.07, 6.45) is 0. The minimum absolute atomic E-state index is 0.135. The number of para-hydroxylation sites is 1. The maximum Gasteiger partial charge on any atom is 0.255 e. The van der Waals surface area contributed by atoms with Gasteiger partial charge in [-0.05, 0) is 55.9 Å². The lowest BCUT2D eigenvalue weighted by molar-refractivity contribution is 0.0949. The number of nitrogens with one attached hydrogen (secondary N) is 2. The van der Waals surface area contributed by atoms with Crippen LogP contribution in [0.4, 0.5) is 5.69 Å². The summed E-state index contributed by atoms with van der Waals surface area (Å²) in [5.41, 5.74) is 2.98. The van der Waals surface area contributed by atoms with Gasteiger partial charge < -0.3 is 15.5 Å². The molecule has 0 heterocycles. The van der Waals surface area contributed by atoms with Gasteiger partial charge in [0, 0.05) is 29.9 Å². The van der Waals surface area contributed by atoms with Gasteiger partial charge in [0.2, 0.25) is 0 Å². The third-order valence-electron chi connectivity index (χ3n) is 4.08. The molecule has 0 atom stereocenters. The van der Waals surface area contributed by atoms with Crippen LogP contribution in [0.3, 0.4) is 0 Å². The number of hydrogen-bond donors (Lipinski definition) is 2. The largest absolute Gasteiger partial charge is 0.351 e. The molecule has 0 aromatic heterocycles. The van der Waals surface area contributed by atoms with Crippen molar-refractivity contribution in [2.24, 2.45) is 0 Å². The molecule has 26 heavy (non-hydrogen) atoms. The van der Waals surface area contributed by atoms with E-state index in [4.69, 9.17) is 0 Å². The zero-order valence-electron chi connectivity index (χ0n) is 15.9. The number of hydrogen-bond acceptors (Lipinski definition) is 3. The Balaban J connectivity index is 2.02. The van der Waals surface area contributed by atoms with Gasteiger partial charge in [-0.2, -0.15) is 0 Å². The summed E-state index contributed by atoms with van der Waals surface area (Å²) in [5.74, 6) is 0.00126. The van der Waals surface area contributed by atoms with Gasteiger partial charge in [0.25, 0.3) is 11.8 Å². The fourth-order valence-electron chi connectivity index (χ4n) is 2.58. The highest BCUT2D eigenvalue weighted by molar-refractivity contribution is 6.05. The molecule has 0 bridgehead atoms. The lowest BCUT2D eigenvalue weighted by Crippen LogP contribution is -2.31. The van der Waals surface area contributed by atoms with Crippen LogP contribution >= 0.6 is 0 Å². The van der Waals surface area contributed by atoms with Gasteiger partial charge in [-0.15, -0.1) is 0 Å². The molecular formula is C21H27N3O2. The maximum atomic E-state index is 12.5.